The van der Waals surface area contributed by atoms with Crippen molar-refractivity contribution in [3.05, 3.63) is 35.4 Å². The highest BCUT2D eigenvalue weighted by molar-refractivity contribution is 5.84. The third-order valence-electron chi connectivity index (χ3n) is 4.18. The second-order valence-corrected chi connectivity index (χ2v) is 6.02. The Hall–Kier alpha value is -2.08. The molecule has 2 aliphatic rings. The number of urea groups is 1. The molecule has 0 aliphatic heterocycles. The summed E-state index contributed by atoms with van der Waals surface area (Å²) < 4.78 is 0. The Morgan fingerprint density at radius 1 is 1.18 bits per heavy atom. The van der Waals surface area contributed by atoms with Crippen LogP contribution in [-0.2, 0) is 11.2 Å². The topological polar surface area (TPSA) is 90.5 Å². The molecule has 0 bridgehead atoms. The third-order valence-corrected chi connectivity index (χ3v) is 4.18. The summed E-state index contributed by atoms with van der Waals surface area (Å²) in [5.41, 5.74) is 1.98. The molecule has 1 aromatic carbocycles. The summed E-state index contributed by atoms with van der Waals surface area (Å²) in [6.45, 7) is 0.639. The highest BCUT2D eigenvalue weighted by Gasteiger charge is 2.31. The molecule has 4 N–H and O–H groups in total. The second kappa shape index (κ2) is 6.36. The maximum absolute atomic E-state index is 11.9. The molecule has 0 aromatic heterocycles. The third kappa shape index (κ3) is 3.57. The van der Waals surface area contributed by atoms with E-state index in [1.807, 2.05) is 24.3 Å². The van der Waals surface area contributed by atoms with Gasteiger partial charge in [-0.15, -0.1) is 0 Å². The van der Waals surface area contributed by atoms with Crippen LogP contribution in [0.3, 0.4) is 0 Å². The van der Waals surface area contributed by atoms with Crippen molar-refractivity contribution in [2.45, 2.75) is 31.4 Å². The molecule has 0 radical (unpaired) electrons. The fraction of sp³-hybridized carbons (Fsp3) is 0.500. The van der Waals surface area contributed by atoms with Crippen LogP contribution in [0.4, 0.5) is 4.79 Å². The average molecular weight is 303 g/mol. The first-order chi connectivity index (χ1) is 10.6. The van der Waals surface area contributed by atoms with Crippen molar-refractivity contribution in [1.82, 2.24) is 16.0 Å². The predicted molar refractivity (Wildman–Crippen MR) is 81.2 cm³/mol. The van der Waals surface area contributed by atoms with Crippen LogP contribution in [-0.4, -0.2) is 36.2 Å². The quantitative estimate of drug-likeness (QED) is 0.637. The summed E-state index contributed by atoms with van der Waals surface area (Å²) in [5.74, 6) is 0.428. The van der Waals surface area contributed by atoms with E-state index in [0.29, 0.717) is 18.9 Å². The van der Waals surface area contributed by atoms with Crippen LogP contribution in [0.1, 0.15) is 30.0 Å². The minimum atomic E-state index is -0.633. The largest absolute Gasteiger partial charge is 0.390 e. The Balaban J connectivity index is 1.46. The van der Waals surface area contributed by atoms with Crippen LogP contribution in [0.15, 0.2) is 24.3 Å². The molecule has 1 fully saturated rings. The lowest BCUT2D eigenvalue weighted by Gasteiger charge is -2.18. The van der Waals surface area contributed by atoms with Crippen molar-refractivity contribution in [2.24, 2.45) is 5.92 Å². The summed E-state index contributed by atoms with van der Waals surface area (Å²) in [6.07, 6.45) is 2.25. The molecule has 0 heterocycles. The Bertz CT molecular complexity index is 572. The normalized spacial score (nSPS) is 22.8. The van der Waals surface area contributed by atoms with Crippen molar-refractivity contribution in [3.63, 3.8) is 0 Å². The van der Waals surface area contributed by atoms with E-state index >= 15 is 0 Å². The molecule has 3 rings (SSSR count). The van der Waals surface area contributed by atoms with Gasteiger partial charge in [0.1, 0.15) is 0 Å². The van der Waals surface area contributed by atoms with Crippen LogP contribution in [0.5, 0.6) is 0 Å². The summed E-state index contributed by atoms with van der Waals surface area (Å²) in [4.78, 5) is 23.5. The first-order valence-corrected chi connectivity index (χ1v) is 7.70. The summed E-state index contributed by atoms with van der Waals surface area (Å²) in [5, 5.41) is 18.1. The van der Waals surface area contributed by atoms with Gasteiger partial charge in [0.25, 0.3) is 0 Å². The SMILES string of the molecule is O=C(CNC(=O)N[C@H]1c2ccccc2C[C@H]1O)NCC1CC1. The molecule has 2 atom stereocenters. The molecule has 1 saturated carbocycles. The monoisotopic (exact) mass is 303 g/mol. The van der Waals surface area contributed by atoms with E-state index in [1.54, 1.807) is 0 Å². The summed E-state index contributed by atoms with van der Waals surface area (Å²) >= 11 is 0. The van der Waals surface area contributed by atoms with Crippen LogP contribution in [0.25, 0.3) is 0 Å². The first kappa shape index (κ1) is 14.8. The molecule has 6 nitrogen and oxygen atoms in total. The van der Waals surface area contributed by atoms with E-state index < -0.39 is 18.2 Å². The van der Waals surface area contributed by atoms with Crippen molar-refractivity contribution >= 4 is 11.9 Å². The van der Waals surface area contributed by atoms with Gasteiger partial charge in [0.2, 0.25) is 5.91 Å². The Kier molecular flexibility index (Phi) is 4.29. The van der Waals surface area contributed by atoms with Crippen LogP contribution < -0.4 is 16.0 Å². The number of amides is 3. The minimum absolute atomic E-state index is 0.0526. The van der Waals surface area contributed by atoms with Gasteiger partial charge in [0.15, 0.2) is 0 Å². The van der Waals surface area contributed by atoms with E-state index in [9.17, 15) is 14.7 Å². The number of nitrogens with one attached hydrogen (secondary N) is 3. The highest BCUT2D eigenvalue weighted by Crippen LogP contribution is 2.31. The van der Waals surface area contributed by atoms with Crippen LogP contribution in [0.2, 0.25) is 0 Å². The molecule has 3 amide bonds. The van der Waals surface area contributed by atoms with Gasteiger partial charge in [-0.1, -0.05) is 24.3 Å². The van der Waals surface area contributed by atoms with Crippen LogP contribution >= 0.6 is 0 Å². The smallest absolute Gasteiger partial charge is 0.315 e. The van der Waals surface area contributed by atoms with Gasteiger partial charge in [-0.25, -0.2) is 4.79 Å². The molecular weight excluding hydrogens is 282 g/mol. The molecule has 6 heteroatoms. The molecule has 0 spiro atoms. The van der Waals surface area contributed by atoms with E-state index in [2.05, 4.69) is 16.0 Å². The van der Waals surface area contributed by atoms with Crippen molar-refractivity contribution < 1.29 is 14.7 Å². The van der Waals surface area contributed by atoms with Crippen LogP contribution in [0, 0.1) is 5.92 Å². The lowest BCUT2D eigenvalue weighted by molar-refractivity contribution is -0.120. The fourth-order valence-electron chi connectivity index (χ4n) is 2.74. The minimum Gasteiger partial charge on any atom is -0.390 e. The summed E-state index contributed by atoms with van der Waals surface area (Å²) in [6, 6.07) is 6.78. The molecule has 2 aliphatic carbocycles. The Morgan fingerprint density at radius 2 is 1.95 bits per heavy atom. The maximum Gasteiger partial charge on any atom is 0.315 e. The average Bonchev–Trinajstić information content (AvgIpc) is 3.28. The number of carbonyl (C=O) groups is 2. The number of aliphatic hydroxyl groups excluding tert-OH is 1. The van der Waals surface area contributed by atoms with Gasteiger partial charge < -0.3 is 21.1 Å². The van der Waals surface area contributed by atoms with Gasteiger partial charge >= 0.3 is 6.03 Å². The van der Waals surface area contributed by atoms with E-state index in [0.717, 1.165) is 11.1 Å². The van der Waals surface area contributed by atoms with Gasteiger partial charge in [0.05, 0.1) is 18.7 Å². The van der Waals surface area contributed by atoms with E-state index in [-0.39, 0.29) is 12.5 Å². The van der Waals surface area contributed by atoms with E-state index in [1.165, 1.54) is 12.8 Å². The number of hydrogen-bond acceptors (Lipinski definition) is 3. The van der Waals surface area contributed by atoms with Crippen molar-refractivity contribution in [3.8, 4) is 0 Å². The number of hydrogen-bond donors (Lipinski definition) is 4. The maximum atomic E-state index is 11.9. The molecule has 118 valence electrons. The van der Waals surface area contributed by atoms with Crippen molar-refractivity contribution in [2.75, 3.05) is 13.1 Å². The molecule has 1 aromatic rings. The summed E-state index contributed by atoms with van der Waals surface area (Å²) in [7, 11) is 0. The zero-order valence-corrected chi connectivity index (χ0v) is 12.3. The van der Waals surface area contributed by atoms with Gasteiger partial charge in [-0.3, -0.25) is 4.79 Å². The number of rotatable bonds is 5. The number of aliphatic hydroxyl groups is 1. The standard InChI is InChI=1S/C16H21N3O3/c20-13-7-11-3-1-2-4-12(11)15(13)19-16(22)18-9-14(21)17-8-10-5-6-10/h1-4,10,13,15,20H,5-9H2,(H,17,21)(H2,18,19,22)/t13-,15+/m1/s1. The molecule has 0 saturated heterocycles. The molecule has 22 heavy (non-hydrogen) atoms. The van der Waals surface area contributed by atoms with E-state index in [4.69, 9.17) is 0 Å². The number of fused-ring (bicyclic) bond motifs is 1. The lowest BCUT2D eigenvalue weighted by atomic mass is 10.1. The Labute approximate surface area is 129 Å². The van der Waals surface area contributed by atoms with Gasteiger partial charge in [-0.2, -0.15) is 0 Å². The Morgan fingerprint density at radius 3 is 2.73 bits per heavy atom. The first-order valence-electron chi connectivity index (χ1n) is 7.70. The molecular formula is C16H21N3O3. The zero-order valence-electron chi connectivity index (χ0n) is 12.3. The highest BCUT2D eigenvalue weighted by atomic mass is 16.3. The van der Waals surface area contributed by atoms with Gasteiger partial charge in [0, 0.05) is 13.0 Å². The van der Waals surface area contributed by atoms with Crippen molar-refractivity contribution in [1.29, 1.82) is 0 Å². The van der Waals surface area contributed by atoms with Gasteiger partial charge in [-0.05, 0) is 29.9 Å². The molecule has 0 unspecified atom stereocenters. The fourth-order valence-corrected chi connectivity index (χ4v) is 2.74. The predicted octanol–water partition coefficient (Wildman–Crippen LogP) is 0.470. The number of benzene rings is 1. The second-order valence-electron chi connectivity index (χ2n) is 6.02. The number of carbonyl (C=O) groups excluding carboxylic acids is 2. The zero-order chi connectivity index (χ0) is 15.5. The lowest BCUT2D eigenvalue weighted by Crippen LogP contribution is -2.45.